The molecule has 0 saturated carbocycles. The highest BCUT2D eigenvalue weighted by atomic mass is 16.6. The Morgan fingerprint density at radius 1 is 1.22 bits per heavy atom. The van der Waals surface area contributed by atoms with Gasteiger partial charge in [0.15, 0.2) is 0 Å². The minimum atomic E-state index is -0.474. The number of hydrogen-bond donors (Lipinski definition) is 2. The maximum absolute atomic E-state index is 11.7. The van der Waals surface area contributed by atoms with Crippen LogP contribution in [-0.2, 0) is 22.6 Å². The molecular formula is C18H30N2O3. The summed E-state index contributed by atoms with van der Waals surface area (Å²) in [4.78, 5) is 11.7. The monoisotopic (exact) mass is 322 g/mol. The van der Waals surface area contributed by atoms with Crippen molar-refractivity contribution in [2.45, 2.75) is 58.9 Å². The highest BCUT2D eigenvalue weighted by molar-refractivity contribution is 5.67. The smallest absolute Gasteiger partial charge is 0.407 e. The van der Waals surface area contributed by atoms with Gasteiger partial charge in [-0.1, -0.05) is 31.2 Å². The third kappa shape index (κ3) is 8.00. The first-order valence-corrected chi connectivity index (χ1v) is 8.11. The molecule has 0 saturated heterocycles. The average Bonchev–Trinajstić information content (AvgIpc) is 2.47. The molecule has 130 valence electrons. The fourth-order valence-corrected chi connectivity index (χ4v) is 2.16. The van der Waals surface area contributed by atoms with Crippen LogP contribution in [0.3, 0.4) is 0 Å². The van der Waals surface area contributed by atoms with Crippen molar-refractivity contribution in [3.8, 4) is 0 Å². The average molecular weight is 322 g/mol. The molecule has 1 aromatic carbocycles. The first-order chi connectivity index (χ1) is 10.9. The molecule has 1 aromatic rings. The van der Waals surface area contributed by atoms with Gasteiger partial charge in [-0.25, -0.2) is 4.79 Å². The predicted molar refractivity (Wildman–Crippen MR) is 92.3 cm³/mol. The van der Waals surface area contributed by atoms with Crippen LogP contribution in [0.2, 0.25) is 0 Å². The number of methoxy groups -OCH3 is 1. The molecule has 0 bridgehead atoms. The predicted octanol–water partition coefficient (Wildman–Crippen LogP) is 3.23. The molecule has 1 rings (SSSR count). The molecule has 0 aromatic heterocycles. The van der Waals surface area contributed by atoms with Crippen molar-refractivity contribution in [1.82, 2.24) is 10.6 Å². The molecule has 0 radical (unpaired) electrons. The summed E-state index contributed by atoms with van der Waals surface area (Å²) >= 11 is 0. The molecule has 0 fully saturated rings. The van der Waals surface area contributed by atoms with Crippen molar-refractivity contribution < 1.29 is 14.3 Å². The van der Waals surface area contributed by atoms with E-state index < -0.39 is 5.60 Å². The SMILES string of the molecule is CCC(CNC(=O)OC(C)(C)C)NCc1ccccc1COC. The topological polar surface area (TPSA) is 59.6 Å². The van der Waals surface area contributed by atoms with E-state index in [1.165, 1.54) is 11.1 Å². The number of nitrogens with one attached hydrogen (secondary N) is 2. The van der Waals surface area contributed by atoms with Crippen molar-refractivity contribution in [3.63, 3.8) is 0 Å². The van der Waals surface area contributed by atoms with Crippen LogP contribution in [0.25, 0.3) is 0 Å². The van der Waals surface area contributed by atoms with Crippen LogP contribution < -0.4 is 10.6 Å². The van der Waals surface area contributed by atoms with E-state index in [4.69, 9.17) is 9.47 Å². The van der Waals surface area contributed by atoms with Gasteiger partial charge in [-0.2, -0.15) is 0 Å². The third-order valence-electron chi connectivity index (χ3n) is 3.38. The molecule has 0 aliphatic heterocycles. The maximum Gasteiger partial charge on any atom is 0.407 e. The second kappa shape index (κ2) is 9.53. The summed E-state index contributed by atoms with van der Waals surface area (Å²) in [6, 6.07) is 8.39. The number of amides is 1. The first-order valence-electron chi connectivity index (χ1n) is 8.11. The Bertz CT molecular complexity index is 483. The van der Waals surface area contributed by atoms with Gasteiger partial charge in [0.05, 0.1) is 6.61 Å². The number of ether oxygens (including phenoxy) is 2. The van der Waals surface area contributed by atoms with Gasteiger partial charge in [-0.15, -0.1) is 0 Å². The largest absolute Gasteiger partial charge is 0.444 e. The Balaban J connectivity index is 2.47. The molecular weight excluding hydrogens is 292 g/mol. The van der Waals surface area contributed by atoms with E-state index in [1.54, 1.807) is 7.11 Å². The van der Waals surface area contributed by atoms with Crippen LogP contribution in [0, 0.1) is 0 Å². The molecule has 5 heteroatoms. The van der Waals surface area contributed by atoms with E-state index in [0.717, 1.165) is 13.0 Å². The van der Waals surface area contributed by atoms with Gasteiger partial charge in [-0.3, -0.25) is 0 Å². The number of rotatable bonds is 8. The summed E-state index contributed by atoms with van der Waals surface area (Å²) in [6.07, 6.45) is 0.542. The Morgan fingerprint density at radius 2 is 1.87 bits per heavy atom. The lowest BCUT2D eigenvalue weighted by Gasteiger charge is -2.22. The summed E-state index contributed by atoms with van der Waals surface area (Å²) in [7, 11) is 1.70. The molecule has 1 unspecified atom stereocenters. The maximum atomic E-state index is 11.7. The zero-order chi connectivity index (χ0) is 17.3. The molecule has 1 atom stereocenters. The molecule has 0 spiro atoms. The third-order valence-corrected chi connectivity index (χ3v) is 3.38. The normalized spacial score (nSPS) is 12.7. The van der Waals surface area contributed by atoms with Gasteiger partial charge in [0.25, 0.3) is 0 Å². The molecule has 0 heterocycles. The fraction of sp³-hybridized carbons (Fsp3) is 0.611. The Labute approximate surface area is 139 Å². The van der Waals surface area contributed by atoms with Crippen LogP contribution in [-0.4, -0.2) is 31.4 Å². The molecule has 23 heavy (non-hydrogen) atoms. The van der Waals surface area contributed by atoms with E-state index in [9.17, 15) is 4.79 Å². The number of alkyl carbamates (subject to hydrolysis) is 1. The van der Waals surface area contributed by atoms with E-state index in [-0.39, 0.29) is 12.1 Å². The Hall–Kier alpha value is -1.59. The quantitative estimate of drug-likeness (QED) is 0.771. The standard InChI is InChI=1S/C18H30N2O3/c1-6-16(12-20-17(21)23-18(2,3)4)19-11-14-9-7-8-10-15(14)13-22-5/h7-10,16,19H,6,11-13H2,1-5H3,(H,20,21). The first kappa shape index (κ1) is 19.5. The van der Waals surface area contributed by atoms with Gasteiger partial charge < -0.3 is 20.1 Å². The summed E-state index contributed by atoms with van der Waals surface area (Å²) in [5.41, 5.74) is 1.92. The summed E-state index contributed by atoms with van der Waals surface area (Å²) in [5.74, 6) is 0. The second-order valence-electron chi connectivity index (χ2n) is 6.57. The molecule has 0 aliphatic rings. The van der Waals surface area contributed by atoms with Gasteiger partial charge >= 0.3 is 6.09 Å². The number of carbonyl (C=O) groups excluding carboxylic acids is 1. The zero-order valence-electron chi connectivity index (χ0n) is 14.9. The van der Waals surface area contributed by atoms with Gasteiger partial charge in [0.2, 0.25) is 0 Å². The minimum Gasteiger partial charge on any atom is -0.444 e. The number of hydrogen-bond acceptors (Lipinski definition) is 4. The highest BCUT2D eigenvalue weighted by Crippen LogP contribution is 2.10. The lowest BCUT2D eigenvalue weighted by atomic mass is 10.1. The molecule has 0 aliphatic carbocycles. The van der Waals surface area contributed by atoms with Crippen LogP contribution in [0.1, 0.15) is 45.2 Å². The van der Waals surface area contributed by atoms with E-state index in [2.05, 4.69) is 29.7 Å². The number of benzene rings is 1. The van der Waals surface area contributed by atoms with Crippen molar-refractivity contribution in [1.29, 1.82) is 0 Å². The van der Waals surface area contributed by atoms with Crippen molar-refractivity contribution in [2.75, 3.05) is 13.7 Å². The van der Waals surface area contributed by atoms with Gasteiger partial charge in [-0.05, 0) is 38.3 Å². The van der Waals surface area contributed by atoms with E-state index in [0.29, 0.717) is 13.2 Å². The van der Waals surface area contributed by atoms with Crippen LogP contribution >= 0.6 is 0 Å². The summed E-state index contributed by atoms with van der Waals surface area (Å²) < 4.78 is 10.5. The van der Waals surface area contributed by atoms with E-state index >= 15 is 0 Å². The summed E-state index contributed by atoms with van der Waals surface area (Å²) in [5, 5.41) is 6.29. The molecule has 5 nitrogen and oxygen atoms in total. The number of carbonyl (C=O) groups is 1. The summed E-state index contributed by atoms with van der Waals surface area (Å²) in [6.45, 7) is 9.55. The van der Waals surface area contributed by atoms with Crippen molar-refractivity contribution in [3.05, 3.63) is 35.4 Å². The zero-order valence-corrected chi connectivity index (χ0v) is 14.9. The second-order valence-corrected chi connectivity index (χ2v) is 6.57. The van der Waals surface area contributed by atoms with Crippen LogP contribution in [0.5, 0.6) is 0 Å². The van der Waals surface area contributed by atoms with Crippen molar-refractivity contribution in [2.24, 2.45) is 0 Å². The highest BCUT2D eigenvalue weighted by Gasteiger charge is 2.17. The Kier molecular flexibility index (Phi) is 8.06. The lowest BCUT2D eigenvalue weighted by Crippen LogP contribution is -2.42. The van der Waals surface area contributed by atoms with Gasteiger partial charge in [0.1, 0.15) is 5.60 Å². The lowest BCUT2D eigenvalue weighted by molar-refractivity contribution is 0.0522. The fourth-order valence-electron chi connectivity index (χ4n) is 2.16. The van der Waals surface area contributed by atoms with Crippen LogP contribution in [0.15, 0.2) is 24.3 Å². The molecule has 1 amide bonds. The van der Waals surface area contributed by atoms with Crippen LogP contribution in [0.4, 0.5) is 4.79 Å². The van der Waals surface area contributed by atoms with Crippen molar-refractivity contribution >= 4 is 6.09 Å². The van der Waals surface area contributed by atoms with E-state index in [1.807, 2.05) is 32.9 Å². The molecule has 2 N–H and O–H groups in total. The van der Waals surface area contributed by atoms with Gasteiger partial charge in [0, 0.05) is 26.2 Å². The Morgan fingerprint density at radius 3 is 2.43 bits per heavy atom. The minimum absolute atomic E-state index is 0.193.